The number of aliphatic hydroxyl groups is 1. The molecule has 0 bridgehead atoms. The van der Waals surface area contributed by atoms with Gasteiger partial charge in [-0.2, -0.15) is 0 Å². The lowest BCUT2D eigenvalue weighted by molar-refractivity contribution is 0.161. The molecule has 2 rings (SSSR count). The van der Waals surface area contributed by atoms with Crippen molar-refractivity contribution in [1.82, 2.24) is 5.32 Å². The molecule has 1 saturated carbocycles. The van der Waals surface area contributed by atoms with Crippen LogP contribution in [0.15, 0.2) is 24.3 Å². The summed E-state index contributed by atoms with van der Waals surface area (Å²) in [5.74, 6) is 0.769. The Morgan fingerprint density at radius 2 is 2.06 bits per heavy atom. The molecule has 0 aromatic heterocycles. The molecule has 0 heterocycles. The Morgan fingerprint density at radius 3 is 2.78 bits per heavy atom. The predicted octanol–water partition coefficient (Wildman–Crippen LogP) is 2.65. The lowest BCUT2D eigenvalue weighted by Gasteiger charge is -2.17. The summed E-state index contributed by atoms with van der Waals surface area (Å²) in [6.07, 6.45) is 5.53. The molecule has 3 heteroatoms. The average Bonchev–Trinajstić information content (AvgIpc) is 2.91. The predicted molar refractivity (Wildman–Crippen MR) is 72.8 cm³/mol. The van der Waals surface area contributed by atoms with Crippen molar-refractivity contribution < 1.29 is 9.84 Å². The van der Waals surface area contributed by atoms with Crippen LogP contribution < -0.4 is 10.1 Å². The molecule has 1 aromatic rings. The molecule has 1 aromatic carbocycles. The lowest BCUT2D eigenvalue weighted by atomic mass is 10.1. The Morgan fingerprint density at radius 1 is 1.33 bits per heavy atom. The maximum atomic E-state index is 10.2. The lowest BCUT2D eigenvalue weighted by Crippen LogP contribution is -2.27. The molecule has 3 nitrogen and oxygen atoms in total. The number of hydrogen-bond acceptors (Lipinski definition) is 3. The fourth-order valence-electron chi connectivity index (χ4n) is 2.65. The van der Waals surface area contributed by atoms with E-state index in [9.17, 15) is 5.11 Å². The molecule has 1 aliphatic carbocycles. The minimum absolute atomic E-state index is 0.449. The van der Waals surface area contributed by atoms with E-state index in [0.29, 0.717) is 6.04 Å². The van der Waals surface area contributed by atoms with Crippen LogP contribution >= 0.6 is 0 Å². The number of para-hydroxylation sites is 1. The van der Waals surface area contributed by atoms with Gasteiger partial charge in [-0.3, -0.25) is 0 Å². The molecule has 0 saturated heterocycles. The summed E-state index contributed by atoms with van der Waals surface area (Å²) >= 11 is 0. The van der Waals surface area contributed by atoms with Gasteiger partial charge < -0.3 is 15.2 Å². The van der Waals surface area contributed by atoms with Gasteiger partial charge in [0.1, 0.15) is 5.75 Å². The van der Waals surface area contributed by atoms with Crippen LogP contribution in [0.1, 0.15) is 43.8 Å². The van der Waals surface area contributed by atoms with Crippen molar-refractivity contribution in [2.45, 2.75) is 44.2 Å². The first kappa shape index (κ1) is 13.4. The second-order valence-electron chi connectivity index (χ2n) is 4.98. The topological polar surface area (TPSA) is 41.5 Å². The molecule has 2 N–H and O–H groups in total. The van der Waals surface area contributed by atoms with Gasteiger partial charge in [0.25, 0.3) is 0 Å². The van der Waals surface area contributed by atoms with Crippen molar-refractivity contribution >= 4 is 0 Å². The van der Waals surface area contributed by atoms with Crippen molar-refractivity contribution in [2.24, 2.45) is 0 Å². The molecule has 0 amide bonds. The third-order valence-corrected chi connectivity index (χ3v) is 3.70. The molecule has 100 valence electrons. The Balaban J connectivity index is 1.81. The third-order valence-electron chi connectivity index (χ3n) is 3.70. The van der Waals surface area contributed by atoms with Crippen LogP contribution in [0, 0.1) is 0 Å². The van der Waals surface area contributed by atoms with Crippen molar-refractivity contribution in [2.75, 3.05) is 13.7 Å². The van der Waals surface area contributed by atoms with Crippen molar-refractivity contribution in [3.05, 3.63) is 29.8 Å². The fourth-order valence-corrected chi connectivity index (χ4v) is 2.65. The Kier molecular flexibility index (Phi) is 5.02. The number of ether oxygens (including phenoxy) is 1. The highest BCUT2D eigenvalue weighted by molar-refractivity contribution is 5.34. The summed E-state index contributed by atoms with van der Waals surface area (Å²) in [5.41, 5.74) is 0.883. The van der Waals surface area contributed by atoms with Gasteiger partial charge in [-0.25, -0.2) is 0 Å². The van der Waals surface area contributed by atoms with E-state index in [-0.39, 0.29) is 0 Å². The summed E-state index contributed by atoms with van der Waals surface area (Å²) in [5, 5.41) is 13.7. The van der Waals surface area contributed by atoms with E-state index in [1.807, 2.05) is 24.3 Å². The van der Waals surface area contributed by atoms with Crippen LogP contribution in [0.3, 0.4) is 0 Å². The summed E-state index contributed by atoms with van der Waals surface area (Å²) < 4.78 is 5.27. The number of nitrogens with one attached hydrogen (secondary N) is 1. The van der Waals surface area contributed by atoms with Gasteiger partial charge in [0.15, 0.2) is 0 Å². The van der Waals surface area contributed by atoms with Crippen LogP contribution in [0.25, 0.3) is 0 Å². The van der Waals surface area contributed by atoms with Crippen LogP contribution in [-0.2, 0) is 0 Å². The molecule has 0 radical (unpaired) electrons. The first-order chi connectivity index (χ1) is 8.81. The monoisotopic (exact) mass is 249 g/mol. The molecule has 1 atom stereocenters. The van der Waals surface area contributed by atoms with Gasteiger partial charge in [0.2, 0.25) is 0 Å². The van der Waals surface area contributed by atoms with Crippen molar-refractivity contribution in [3.8, 4) is 5.75 Å². The van der Waals surface area contributed by atoms with Crippen molar-refractivity contribution in [3.63, 3.8) is 0 Å². The minimum atomic E-state index is -0.449. The second kappa shape index (κ2) is 6.76. The zero-order chi connectivity index (χ0) is 12.8. The summed E-state index contributed by atoms with van der Waals surface area (Å²) in [6.45, 7) is 0.865. The van der Waals surface area contributed by atoms with E-state index in [1.165, 1.54) is 25.7 Å². The van der Waals surface area contributed by atoms with Crippen LogP contribution in [-0.4, -0.2) is 24.8 Å². The highest BCUT2D eigenvalue weighted by Crippen LogP contribution is 2.26. The Hall–Kier alpha value is -1.06. The fraction of sp³-hybridized carbons (Fsp3) is 0.600. The Bertz CT molecular complexity index is 361. The molecule has 1 aliphatic rings. The third kappa shape index (κ3) is 3.47. The smallest absolute Gasteiger partial charge is 0.124 e. The zero-order valence-corrected chi connectivity index (χ0v) is 11.1. The molecule has 0 spiro atoms. The highest BCUT2D eigenvalue weighted by Gasteiger charge is 2.16. The number of benzene rings is 1. The maximum absolute atomic E-state index is 10.2. The van der Waals surface area contributed by atoms with E-state index in [0.717, 1.165) is 24.3 Å². The molecule has 1 fully saturated rings. The zero-order valence-electron chi connectivity index (χ0n) is 11.1. The first-order valence-electron chi connectivity index (χ1n) is 6.85. The largest absolute Gasteiger partial charge is 0.496 e. The van der Waals surface area contributed by atoms with E-state index < -0.39 is 6.10 Å². The summed E-state index contributed by atoms with van der Waals surface area (Å²) in [4.78, 5) is 0. The van der Waals surface area contributed by atoms with Crippen molar-refractivity contribution in [1.29, 1.82) is 0 Å². The van der Waals surface area contributed by atoms with Gasteiger partial charge >= 0.3 is 0 Å². The molecular formula is C15H23NO2. The number of hydrogen-bond donors (Lipinski definition) is 2. The van der Waals surface area contributed by atoms with Gasteiger partial charge in [-0.05, 0) is 31.9 Å². The van der Waals surface area contributed by atoms with Gasteiger partial charge in [0, 0.05) is 11.6 Å². The number of aliphatic hydroxyl groups excluding tert-OH is 1. The van der Waals surface area contributed by atoms with E-state index >= 15 is 0 Å². The van der Waals surface area contributed by atoms with Crippen LogP contribution in [0.2, 0.25) is 0 Å². The summed E-state index contributed by atoms with van der Waals surface area (Å²) in [7, 11) is 1.64. The highest BCUT2D eigenvalue weighted by atomic mass is 16.5. The number of methoxy groups -OCH3 is 1. The SMILES string of the molecule is COc1ccccc1C(O)CCNC1CCCC1. The molecular weight excluding hydrogens is 226 g/mol. The first-order valence-corrected chi connectivity index (χ1v) is 6.85. The van der Waals surface area contributed by atoms with E-state index in [2.05, 4.69) is 5.32 Å². The average molecular weight is 249 g/mol. The minimum Gasteiger partial charge on any atom is -0.496 e. The second-order valence-corrected chi connectivity index (χ2v) is 4.98. The maximum Gasteiger partial charge on any atom is 0.124 e. The van der Waals surface area contributed by atoms with Crippen LogP contribution in [0.4, 0.5) is 0 Å². The normalized spacial score (nSPS) is 17.9. The van der Waals surface area contributed by atoms with Crippen LogP contribution in [0.5, 0.6) is 5.75 Å². The van der Waals surface area contributed by atoms with E-state index in [4.69, 9.17) is 4.74 Å². The van der Waals surface area contributed by atoms with Gasteiger partial charge in [-0.15, -0.1) is 0 Å². The molecule has 18 heavy (non-hydrogen) atoms. The standard InChI is InChI=1S/C15H23NO2/c1-18-15-9-5-4-8-13(15)14(17)10-11-16-12-6-2-3-7-12/h4-5,8-9,12,14,16-17H,2-3,6-7,10-11H2,1H3. The molecule has 1 unspecified atom stereocenters. The van der Waals surface area contributed by atoms with Gasteiger partial charge in [0.05, 0.1) is 13.2 Å². The number of rotatable bonds is 6. The van der Waals surface area contributed by atoms with Gasteiger partial charge in [-0.1, -0.05) is 31.0 Å². The van der Waals surface area contributed by atoms with E-state index in [1.54, 1.807) is 7.11 Å². The molecule has 0 aliphatic heterocycles. The summed E-state index contributed by atoms with van der Waals surface area (Å²) in [6, 6.07) is 8.34. The quantitative estimate of drug-likeness (QED) is 0.814. The Labute approximate surface area is 109 Å².